The maximum Gasteiger partial charge on any atom is 0.259 e. The molecular weight excluding hydrogens is 568 g/mol. The second-order valence-corrected chi connectivity index (χ2v) is 13.0. The number of benzene rings is 3. The van der Waals surface area contributed by atoms with Gasteiger partial charge in [-0.15, -0.1) is 11.3 Å². The molecule has 0 fully saturated rings. The van der Waals surface area contributed by atoms with Crippen molar-refractivity contribution >= 4 is 50.1 Å². The third-order valence-corrected chi connectivity index (χ3v) is 9.04. The number of carbonyl (C=O) groups is 1. The Morgan fingerprint density at radius 3 is 2.49 bits per heavy atom. The van der Waals surface area contributed by atoms with Gasteiger partial charge in [-0.2, -0.15) is 0 Å². The first-order chi connectivity index (χ1) is 18.8. The van der Waals surface area contributed by atoms with Crippen LogP contribution in [0.3, 0.4) is 0 Å². The minimum absolute atomic E-state index is 0.0918. The van der Waals surface area contributed by atoms with E-state index in [1.165, 1.54) is 4.88 Å². The Balaban J connectivity index is 1.40. The number of ether oxygens (including phenoxy) is 1. The molecule has 3 aromatic carbocycles. The summed E-state index contributed by atoms with van der Waals surface area (Å²) in [6.07, 6.45) is 4.81. The first-order valence-corrected chi connectivity index (χ1v) is 14.9. The number of para-hydroxylation sites is 1. The number of aliphatic imine (C=N–C) groups is 1. The fourth-order valence-electron chi connectivity index (χ4n) is 4.93. The number of halogens is 1. The molecule has 0 unspecified atom stereocenters. The number of fused-ring (bicyclic) bond motifs is 1. The Kier molecular flexibility index (Phi) is 8.34. The molecule has 0 aliphatic heterocycles. The zero-order chi connectivity index (χ0) is 27.4. The van der Waals surface area contributed by atoms with Gasteiger partial charge in [0.1, 0.15) is 17.4 Å². The summed E-state index contributed by atoms with van der Waals surface area (Å²) >= 11 is 5.30. The van der Waals surface area contributed by atoms with Gasteiger partial charge in [0.2, 0.25) is 0 Å². The van der Waals surface area contributed by atoms with Gasteiger partial charge in [0, 0.05) is 16.8 Å². The molecule has 4 aromatic rings. The molecule has 1 atom stereocenters. The second kappa shape index (κ2) is 11.9. The van der Waals surface area contributed by atoms with E-state index in [4.69, 9.17) is 9.73 Å². The van der Waals surface area contributed by atoms with Crippen molar-refractivity contribution in [3.05, 3.63) is 110 Å². The average Bonchev–Trinajstić information content (AvgIpc) is 3.30. The smallest absolute Gasteiger partial charge is 0.259 e. The molecule has 4 nitrogen and oxygen atoms in total. The van der Waals surface area contributed by atoms with Gasteiger partial charge in [-0.25, -0.2) is 4.99 Å². The highest BCUT2D eigenvalue weighted by atomic mass is 79.9. The van der Waals surface area contributed by atoms with Gasteiger partial charge in [0.05, 0.1) is 10.0 Å². The number of thiophene rings is 1. The van der Waals surface area contributed by atoms with E-state index in [2.05, 4.69) is 42.0 Å². The van der Waals surface area contributed by atoms with Gasteiger partial charge in [0.25, 0.3) is 5.91 Å². The van der Waals surface area contributed by atoms with Crippen molar-refractivity contribution in [1.82, 2.24) is 0 Å². The van der Waals surface area contributed by atoms with Crippen LogP contribution in [0.25, 0.3) is 0 Å². The van der Waals surface area contributed by atoms with Gasteiger partial charge in [-0.05, 0) is 93.5 Å². The van der Waals surface area contributed by atoms with Gasteiger partial charge in [0.15, 0.2) is 0 Å². The Morgan fingerprint density at radius 2 is 1.79 bits per heavy atom. The van der Waals surface area contributed by atoms with Crippen LogP contribution in [0.2, 0.25) is 0 Å². The summed E-state index contributed by atoms with van der Waals surface area (Å²) in [6, 6.07) is 25.7. The first-order valence-electron chi connectivity index (χ1n) is 13.3. The molecule has 0 bridgehead atoms. The molecule has 1 N–H and O–H groups in total. The average molecular weight is 602 g/mol. The highest BCUT2D eigenvalue weighted by molar-refractivity contribution is 9.10. The monoisotopic (exact) mass is 600 g/mol. The predicted molar refractivity (Wildman–Crippen MR) is 166 cm³/mol. The van der Waals surface area contributed by atoms with E-state index in [0.29, 0.717) is 18.1 Å². The summed E-state index contributed by atoms with van der Waals surface area (Å²) < 4.78 is 6.86. The van der Waals surface area contributed by atoms with Crippen molar-refractivity contribution in [2.45, 2.75) is 46.6 Å². The molecular formula is C33H33BrN2O2S. The zero-order valence-corrected chi connectivity index (χ0v) is 24.9. The van der Waals surface area contributed by atoms with Crippen molar-refractivity contribution < 1.29 is 9.53 Å². The third-order valence-electron chi connectivity index (χ3n) is 7.25. The lowest BCUT2D eigenvalue weighted by Gasteiger charge is -2.33. The zero-order valence-electron chi connectivity index (χ0n) is 22.5. The maximum absolute atomic E-state index is 13.5. The summed E-state index contributed by atoms with van der Waals surface area (Å²) in [7, 11) is 0. The Labute approximate surface area is 243 Å². The third kappa shape index (κ3) is 6.68. The highest BCUT2D eigenvalue weighted by Crippen LogP contribution is 2.45. The molecule has 200 valence electrons. The molecule has 0 saturated carbocycles. The highest BCUT2D eigenvalue weighted by Gasteiger charge is 2.33. The van der Waals surface area contributed by atoms with E-state index in [-0.39, 0.29) is 11.3 Å². The van der Waals surface area contributed by atoms with Crippen LogP contribution in [-0.2, 0) is 19.4 Å². The standard InChI is InChI=1S/C33H33BrN2O2S/c1-33(2,3)24-15-16-26-29(19-24)39-32(30(26)31(37)36-25-12-8-5-9-13-25)35-20-23-14-17-28(27(34)18-23)38-21-22-10-6-4-7-11-22/h4-14,17-18,20,24H,15-16,19,21H2,1-3H3,(H,36,37)/t24-/m1/s1. The normalized spacial score (nSPS) is 15.2. The number of hydrogen-bond acceptors (Lipinski definition) is 4. The number of nitrogens with one attached hydrogen (secondary N) is 1. The molecule has 5 rings (SSSR count). The van der Waals surface area contributed by atoms with Crippen LogP contribution < -0.4 is 10.1 Å². The van der Waals surface area contributed by atoms with Crippen LogP contribution in [0, 0.1) is 11.3 Å². The lowest BCUT2D eigenvalue weighted by Crippen LogP contribution is -2.27. The van der Waals surface area contributed by atoms with Gasteiger partial charge in [-0.3, -0.25) is 4.79 Å². The van der Waals surface area contributed by atoms with Crippen LogP contribution in [0.4, 0.5) is 10.7 Å². The molecule has 39 heavy (non-hydrogen) atoms. The lowest BCUT2D eigenvalue weighted by atomic mass is 9.72. The van der Waals surface area contributed by atoms with Crippen molar-refractivity contribution in [3.63, 3.8) is 0 Å². The molecule has 1 amide bonds. The molecule has 1 aliphatic carbocycles. The molecule has 0 radical (unpaired) electrons. The molecule has 0 saturated heterocycles. The van der Waals surface area contributed by atoms with Gasteiger partial charge in [-0.1, -0.05) is 69.3 Å². The number of hydrogen-bond donors (Lipinski definition) is 1. The largest absolute Gasteiger partial charge is 0.488 e. The summed E-state index contributed by atoms with van der Waals surface area (Å²) in [5.74, 6) is 1.27. The summed E-state index contributed by atoms with van der Waals surface area (Å²) in [6.45, 7) is 7.43. The van der Waals surface area contributed by atoms with Crippen LogP contribution in [0.1, 0.15) is 59.1 Å². The topological polar surface area (TPSA) is 50.7 Å². The minimum atomic E-state index is -0.0918. The predicted octanol–water partition coefficient (Wildman–Crippen LogP) is 9.24. The van der Waals surface area contributed by atoms with E-state index >= 15 is 0 Å². The Morgan fingerprint density at radius 1 is 1.08 bits per heavy atom. The summed E-state index contributed by atoms with van der Waals surface area (Å²) in [5, 5.41) is 3.86. The van der Waals surface area contributed by atoms with Crippen LogP contribution in [0.15, 0.2) is 88.3 Å². The number of anilines is 1. The van der Waals surface area contributed by atoms with Gasteiger partial charge < -0.3 is 10.1 Å². The van der Waals surface area contributed by atoms with Crippen LogP contribution in [-0.4, -0.2) is 12.1 Å². The van der Waals surface area contributed by atoms with E-state index in [9.17, 15) is 4.79 Å². The fraction of sp³-hybridized carbons (Fsp3) is 0.273. The minimum Gasteiger partial charge on any atom is -0.488 e. The summed E-state index contributed by atoms with van der Waals surface area (Å²) in [5.41, 5.74) is 4.94. The van der Waals surface area contributed by atoms with E-state index < -0.39 is 0 Å². The van der Waals surface area contributed by atoms with Crippen LogP contribution >= 0.6 is 27.3 Å². The van der Waals surface area contributed by atoms with E-state index in [1.807, 2.05) is 85.1 Å². The second-order valence-electron chi connectivity index (χ2n) is 11.0. The number of amides is 1. The maximum atomic E-state index is 13.5. The van der Waals surface area contributed by atoms with E-state index in [0.717, 1.165) is 56.9 Å². The van der Waals surface area contributed by atoms with Gasteiger partial charge >= 0.3 is 0 Å². The number of nitrogens with zero attached hydrogens (tertiary/aromatic N) is 1. The summed E-state index contributed by atoms with van der Waals surface area (Å²) in [4.78, 5) is 19.7. The Bertz CT molecular complexity index is 1470. The molecule has 1 heterocycles. The first kappa shape index (κ1) is 27.4. The van der Waals surface area contributed by atoms with Crippen molar-refractivity contribution in [3.8, 4) is 5.75 Å². The fourth-order valence-corrected chi connectivity index (χ4v) is 6.71. The lowest BCUT2D eigenvalue weighted by molar-refractivity contribution is 0.102. The van der Waals surface area contributed by atoms with E-state index in [1.54, 1.807) is 11.3 Å². The van der Waals surface area contributed by atoms with Crippen molar-refractivity contribution in [2.75, 3.05) is 5.32 Å². The molecule has 0 spiro atoms. The molecule has 1 aliphatic rings. The SMILES string of the molecule is CC(C)(C)[C@@H]1CCc2c(sc(N=Cc3ccc(OCc4ccccc4)c(Br)c3)c2C(=O)Nc2ccccc2)C1. The van der Waals surface area contributed by atoms with Crippen LogP contribution in [0.5, 0.6) is 5.75 Å². The van der Waals surface area contributed by atoms with Crippen molar-refractivity contribution in [2.24, 2.45) is 16.3 Å². The molecule has 1 aromatic heterocycles. The number of carbonyl (C=O) groups excluding carboxylic acids is 1. The Hall–Kier alpha value is -3.22. The molecule has 6 heteroatoms. The quantitative estimate of drug-likeness (QED) is 0.215. The number of rotatable bonds is 7. The van der Waals surface area contributed by atoms with Crippen molar-refractivity contribution in [1.29, 1.82) is 0 Å².